The predicted octanol–water partition coefficient (Wildman–Crippen LogP) is 0.426. The SMILES string of the molecule is O=C(C1CCCN1S(=O)(=O)c1cccc([N+](=O)[O-])c1)N1C[C@H]2CNC[C@H]2C1. The van der Waals surface area contributed by atoms with Crippen molar-refractivity contribution in [2.75, 3.05) is 32.7 Å². The summed E-state index contributed by atoms with van der Waals surface area (Å²) in [6, 6.07) is 4.28. The molecule has 3 saturated heterocycles. The van der Waals surface area contributed by atoms with Gasteiger partial charge in [0.25, 0.3) is 5.69 Å². The van der Waals surface area contributed by atoms with E-state index in [1.165, 1.54) is 22.5 Å². The highest BCUT2D eigenvalue weighted by molar-refractivity contribution is 7.89. The maximum absolute atomic E-state index is 13.1. The molecule has 0 radical (unpaired) electrons. The molecule has 3 atom stereocenters. The number of sulfonamides is 1. The summed E-state index contributed by atoms with van der Waals surface area (Å²) in [6.07, 6.45) is 1.09. The number of non-ortho nitro benzene ring substituents is 1. The average molecular weight is 394 g/mol. The van der Waals surface area contributed by atoms with Gasteiger partial charge >= 0.3 is 0 Å². The number of fused-ring (bicyclic) bond motifs is 1. The van der Waals surface area contributed by atoms with Gasteiger partial charge in [0.05, 0.1) is 9.82 Å². The molecule has 4 rings (SSSR count). The number of nitro groups is 1. The molecular formula is C17H22N4O5S. The van der Waals surface area contributed by atoms with E-state index < -0.39 is 21.0 Å². The number of carbonyl (C=O) groups is 1. The Kier molecular flexibility index (Phi) is 4.65. The topological polar surface area (TPSA) is 113 Å². The number of amides is 1. The van der Waals surface area contributed by atoms with Crippen LogP contribution < -0.4 is 5.32 Å². The van der Waals surface area contributed by atoms with Crippen molar-refractivity contribution in [2.24, 2.45) is 11.8 Å². The summed E-state index contributed by atoms with van der Waals surface area (Å²) < 4.78 is 27.3. The van der Waals surface area contributed by atoms with Gasteiger partial charge < -0.3 is 10.2 Å². The van der Waals surface area contributed by atoms with Gasteiger partial charge in [-0.05, 0) is 30.7 Å². The Bertz CT molecular complexity index is 862. The average Bonchev–Trinajstić information content (AvgIpc) is 3.36. The first kappa shape index (κ1) is 18.3. The molecule has 0 spiro atoms. The summed E-state index contributed by atoms with van der Waals surface area (Å²) >= 11 is 0. The molecule has 0 bridgehead atoms. The van der Waals surface area contributed by atoms with Crippen LogP contribution >= 0.6 is 0 Å². The molecule has 1 aromatic carbocycles. The van der Waals surface area contributed by atoms with Gasteiger partial charge in [-0.15, -0.1) is 0 Å². The van der Waals surface area contributed by atoms with Crippen LogP contribution in [0.15, 0.2) is 29.2 Å². The Labute approximate surface area is 157 Å². The molecule has 3 heterocycles. The molecule has 3 aliphatic rings. The highest BCUT2D eigenvalue weighted by Crippen LogP contribution is 2.32. The largest absolute Gasteiger partial charge is 0.341 e. The molecular weight excluding hydrogens is 372 g/mol. The number of rotatable bonds is 4. The van der Waals surface area contributed by atoms with Gasteiger partial charge in [0, 0.05) is 44.9 Å². The van der Waals surface area contributed by atoms with Gasteiger partial charge in [-0.25, -0.2) is 8.42 Å². The summed E-state index contributed by atoms with van der Waals surface area (Å²) in [5.41, 5.74) is -0.280. The second-order valence-electron chi connectivity index (χ2n) is 7.45. The molecule has 1 amide bonds. The summed E-state index contributed by atoms with van der Waals surface area (Å²) in [5, 5.41) is 14.3. The van der Waals surface area contributed by atoms with Gasteiger partial charge in [0.2, 0.25) is 15.9 Å². The van der Waals surface area contributed by atoms with E-state index in [2.05, 4.69) is 5.32 Å². The normalized spacial score (nSPS) is 28.4. The molecule has 0 saturated carbocycles. The number of hydrogen-bond acceptors (Lipinski definition) is 6. The number of benzene rings is 1. The lowest BCUT2D eigenvalue weighted by Gasteiger charge is -2.27. The zero-order valence-electron chi connectivity index (χ0n) is 14.8. The van der Waals surface area contributed by atoms with Crippen LogP contribution in [-0.4, -0.2) is 67.2 Å². The Hall–Kier alpha value is -2.04. The van der Waals surface area contributed by atoms with E-state index in [1.54, 1.807) is 4.90 Å². The second kappa shape index (κ2) is 6.84. The van der Waals surface area contributed by atoms with Crippen LogP contribution in [0.25, 0.3) is 0 Å². The van der Waals surface area contributed by atoms with Crippen molar-refractivity contribution < 1.29 is 18.1 Å². The smallest absolute Gasteiger partial charge is 0.270 e. The highest BCUT2D eigenvalue weighted by atomic mass is 32.2. The lowest BCUT2D eigenvalue weighted by molar-refractivity contribution is -0.385. The Morgan fingerprint density at radius 2 is 1.93 bits per heavy atom. The van der Waals surface area contributed by atoms with E-state index in [4.69, 9.17) is 0 Å². The van der Waals surface area contributed by atoms with E-state index >= 15 is 0 Å². The van der Waals surface area contributed by atoms with Crippen LogP contribution in [0.4, 0.5) is 5.69 Å². The predicted molar refractivity (Wildman–Crippen MR) is 96.4 cm³/mol. The standard InChI is InChI=1S/C17H22N4O5S/c22-17(19-10-12-8-18-9-13(12)11-19)16-5-2-6-20(16)27(25,26)15-4-1-3-14(7-15)21(23)24/h1,3-4,7,12-13,16,18H,2,5-6,8-11H2/t12-,13+,16?. The number of carbonyl (C=O) groups excluding carboxylic acids is 1. The zero-order chi connectivity index (χ0) is 19.2. The highest BCUT2D eigenvalue weighted by Gasteiger charge is 2.45. The second-order valence-corrected chi connectivity index (χ2v) is 9.34. The lowest BCUT2D eigenvalue weighted by Crippen LogP contribution is -2.47. The van der Waals surface area contributed by atoms with Crippen molar-refractivity contribution in [3.8, 4) is 0 Å². The van der Waals surface area contributed by atoms with Crippen molar-refractivity contribution in [1.82, 2.24) is 14.5 Å². The molecule has 3 fully saturated rings. The van der Waals surface area contributed by atoms with Crippen LogP contribution in [0, 0.1) is 22.0 Å². The van der Waals surface area contributed by atoms with Gasteiger partial charge in [-0.3, -0.25) is 14.9 Å². The van der Waals surface area contributed by atoms with Crippen LogP contribution in [0.2, 0.25) is 0 Å². The molecule has 9 nitrogen and oxygen atoms in total. The minimum atomic E-state index is -3.97. The third kappa shape index (κ3) is 3.21. The van der Waals surface area contributed by atoms with Crippen LogP contribution in [0.3, 0.4) is 0 Å². The monoisotopic (exact) mass is 394 g/mol. The Balaban J connectivity index is 1.56. The quantitative estimate of drug-likeness (QED) is 0.585. The maximum Gasteiger partial charge on any atom is 0.270 e. The first-order valence-electron chi connectivity index (χ1n) is 9.14. The number of nitrogens with one attached hydrogen (secondary N) is 1. The van der Waals surface area contributed by atoms with Crippen LogP contribution in [-0.2, 0) is 14.8 Å². The third-order valence-corrected chi connectivity index (χ3v) is 7.73. The maximum atomic E-state index is 13.1. The number of hydrogen-bond donors (Lipinski definition) is 1. The van der Waals surface area contributed by atoms with E-state index in [9.17, 15) is 23.3 Å². The van der Waals surface area contributed by atoms with Crippen molar-refractivity contribution >= 4 is 21.6 Å². The molecule has 3 aliphatic heterocycles. The number of nitrogens with zero attached hydrogens (tertiary/aromatic N) is 3. The molecule has 1 N–H and O–H groups in total. The van der Waals surface area contributed by atoms with Gasteiger partial charge in [0.1, 0.15) is 6.04 Å². The fourth-order valence-corrected chi connectivity index (χ4v) is 6.10. The molecule has 0 aromatic heterocycles. The molecule has 0 aliphatic carbocycles. The number of likely N-dealkylation sites (tertiary alicyclic amines) is 1. The molecule has 1 aromatic rings. The lowest BCUT2D eigenvalue weighted by atomic mass is 10.0. The number of nitro benzene ring substituents is 1. The van der Waals surface area contributed by atoms with Gasteiger partial charge in [0.15, 0.2) is 0 Å². The first-order valence-corrected chi connectivity index (χ1v) is 10.6. The van der Waals surface area contributed by atoms with Crippen molar-refractivity contribution in [1.29, 1.82) is 0 Å². The molecule has 27 heavy (non-hydrogen) atoms. The van der Waals surface area contributed by atoms with Crippen molar-refractivity contribution in [3.05, 3.63) is 34.4 Å². The minimum absolute atomic E-state index is 0.140. The van der Waals surface area contributed by atoms with E-state index in [1.807, 2.05) is 0 Å². The van der Waals surface area contributed by atoms with E-state index in [-0.39, 0.29) is 23.0 Å². The minimum Gasteiger partial charge on any atom is -0.341 e. The molecule has 1 unspecified atom stereocenters. The third-order valence-electron chi connectivity index (χ3n) is 5.82. The van der Waals surface area contributed by atoms with Crippen LogP contribution in [0.5, 0.6) is 0 Å². The van der Waals surface area contributed by atoms with Gasteiger partial charge in [-0.1, -0.05) is 6.07 Å². The van der Waals surface area contributed by atoms with Crippen LogP contribution in [0.1, 0.15) is 12.8 Å². The first-order chi connectivity index (χ1) is 12.9. The zero-order valence-corrected chi connectivity index (χ0v) is 15.6. The van der Waals surface area contributed by atoms with E-state index in [0.717, 1.165) is 19.2 Å². The van der Waals surface area contributed by atoms with Crippen molar-refractivity contribution in [2.45, 2.75) is 23.8 Å². The fourth-order valence-electron chi connectivity index (χ4n) is 4.41. The van der Waals surface area contributed by atoms with E-state index in [0.29, 0.717) is 37.8 Å². The molecule has 10 heteroatoms. The summed E-state index contributed by atoms with van der Waals surface area (Å²) in [6.45, 7) is 3.38. The Morgan fingerprint density at radius 1 is 1.22 bits per heavy atom. The summed E-state index contributed by atoms with van der Waals surface area (Å²) in [4.78, 5) is 25.0. The fraction of sp³-hybridized carbons (Fsp3) is 0.588. The summed E-state index contributed by atoms with van der Waals surface area (Å²) in [7, 11) is -3.97. The summed E-state index contributed by atoms with van der Waals surface area (Å²) in [5.74, 6) is 0.741. The van der Waals surface area contributed by atoms with Gasteiger partial charge in [-0.2, -0.15) is 4.31 Å². The Morgan fingerprint density at radius 3 is 2.59 bits per heavy atom. The molecule has 146 valence electrons. The van der Waals surface area contributed by atoms with Crippen molar-refractivity contribution in [3.63, 3.8) is 0 Å².